The highest BCUT2D eigenvalue weighted by molar-refractivity contribution is 7.15. The van der Waals surface area contributed by atoms with E-state index in [0.29, 0.717) is 4.88 Å². The molecule has 3 nitrogen and oxygen atoms in total. The van der Waals surface area contributed by atoms with E-state index >= 15 is 0 Å². The molecule has 1 aromatic heterocycles. The van der Waals surface area contributed by atoms with Crippen molar-refractivity contribution >= 4 is 23.3 Å². The lowest BCUT2D eigenvalue weighted by Gasteiger charge is -1.91. The van der Waals surface area contributed by atoms with Gasteiger partial charge in [-0.2, -0.15) is 0 Å². The maximum atomic E-state index is 11.1. The minimum Gasteiger partial charge on any atom is -0.289 e. The number of carbonyl (C=O) groups excluding carboxylic acids is 1. The Bertz CT molecular complexity index is 354. The normalized spacial score (nSPS) is 13.1. The molecule has 62 valence electrons. The van der Waals surface area contributed by atoms with E-state index in [9.17, 15) is 4.79 Å². The first-order valence-electron chi connectivity index (χ1n) is 3.61. The van der Waals surface area contributed by atoms with Gasteiger partial charge in [-0.3, -0.25) is 10.2 Å². The van der Waals surface area contributed by atoms with Crippen LogP contribution in [0.1, 0.15) is 20.1 Å². The Kier molecular flexibility index (Phi) is 1.71. The lowest BCUT2D eigenvalue weighted by Crippen LogP contribution is -2.29. The number of hydrazine groups is 1. The molecule has 4 heteroatoms. The van der Waals surface area contributed by atoms with E-state index in [0.717, 1.165) is 6.42 Å². The van der Waals surface area contributed by atoms with Crippen molar-refractivity contribution in [3.8, 4) is 0 Å². The fraction of sp³-hybridized carbons (Fsp3) is 0.125. The highest BCUT2D eigenvalue weighted by atomic mass is 32.1. The van der Waals surface area contributed by atoms with Crippen LogP contribution in [0.15, 0.2) is 12.1 Å². The number of amides is 1. The minimum atomic E-state index is -0.206. The van der Waals surface area contributed by atoms with Crippen LogP contribution in [-0.4, -0.2) is 5.91 Å². The molecule has 1 heterocycles. The van der Waals surface area contributed by atoms with E-state index in [2.05, 4.69) is 11.5 Å². The average Bonchev–Trinajstić information content (AvgIpc) is 2.60. The zero-order valence-electron chi connectivity index (χ0n) is 6.33. The van der Waals surface area contributed by atoms with Crippen molar-refractivity contribution in [2.24, 2.45) is 5.84 Å². The summed E-state index contributed by atoms with van der Waals surface area (Å²) in [5, 5.41) is 0. The van der Waals surface area contributed by atoms with Crippen LogP contribution in [0.3, 0.4) is 0 Å². The van der Waals surface area contributed by atoms with E-state index < -0.39 is 0 Å². The van der Waals surface area contributed by atoms with E-state index in [-0.39, 0.29) is 5.91 Å². The molecule has 0 saturated heterocycles. The topological polar surface area (TPSA) is 55.1 Å². The van der Waals surface area contributed by atoms with Gasteiger partial charge >= 0.3 is 0 Å². The number of hydrogen-bond donors (Lipinski definition) is 2. The maximum absolute atomic E-state index is 11.1. The number of nitrogens with two attached hydrogens (primary N) is 1. The van der Waals surface area contributed by atoms with Gasteiger partial charge in [-0.05, 0) is 24.1 Å². The van der Waals surface area contributed by atoms with Gasteiger partial charge in [0, 0.05) is 4.88 Å². The van der Waals surface area contributed by atoms with Crippen LogP contribution >= 0.6 is 11.3 Å². The second kappa shape index (κ2) is 2.73. The molecular formula is C8H8N2OS. The number of allylic oxidation sites excluding steroid dienone is 1. The zero-order valence-corrected chi connectivity index (χ0v) is 7.15. The lowest BCUT2D eigenvalue weighted by atomic mass is 10.2. The van der Waals surface area contributed by atoms with Gasteiger partial charge in [0.05, 0.1) is 4.88 Å². The second-order valence-electron chi connectivity index (χ2n) is 2.58. The monoisotopic (exact) mass is 180 g/mol. The molecule has 1 aliphatic carbocycles. The molecule has 2 rings (SSSR count). The molecule has 0 spiro atoms. The Balaban J connectivity index is 2.36. The molecule has 3 N–H and O–H groups in total. The highest BCUT2D eigenvalue weighted by Gasteiger charge is 2.13. The molecule has 0 saturated carbocycles. The summed E-state index contributed by atoms with van der Waals surface area (Å²) in [6.45, 7) is 0. The van der Waals surface area contributed by atoms with Crippen LogP contribution in [0.25, 0.3) is 6.08 Å². The van der Waals surface area contributed by atoms with Crippen molar-refractivity contribution in [2.45, 2.75) is 6.42 Å². The van der Waals surface area contributed by atoms with Crippen molar-refractivity contribution in [3.05, 3.63) is 27.5 Å². The summed E-state index contributed by atoms with van der Waals surface area (Å²) in [5.41, 5.74) is 3.34. The summed E-state index contributed by atoms with van der Waals surface area (Å²) >= 11 is 1.48. The standard InChI is InChI=1S/C8H8N2OS/c9-10-8(11)7-4-5-2-1-3-6(5)12-7/h1,3-4H,2,9H2,(H,10,11). The molecule has 0 radical (unpaired) electrons. The molecule has 1 aromatic rings. The van der Waals surface area contributed by atoms with Gasteiger partial charge in [-0.1, -0.05) is 6.08 Å². The highest BCUT2D eigenvalue weighted by Crippen LogP contribution is 2.28. The molecular weight excluding hydrogens is 172 g/mol. The maximum Gasteiger partial charge on any atom is 0.275 e. The van der Waals surface area contributed by atoms with Crippen molar-refractivity contribution in [1.82, 2.24) is 5.43 Å². The Morgan fingerprint density at radius 1 is 1.67 bits per heavy atom. The van der Waals surface area contributed by atoms with Crippen molar-refractivity contribution in [2.75, 3.05) is 0 Å². The van der Waals surface area contributed by atoms with Gasteiger partial charge in [0.1, 0.15) is 0 Å². The lowest BCUT2D eigenvalue weighted by molar-refractivity contribution is 0.0957. The third-order valence-corrected chi connectivity index (χ3v) is 2.94. The Morgan fingerprint density at radius 2 is 2.50 bits per heavy atom. The van der Waals surface area contributed by atoms with E-state index in [1.165, 1.54) is 21.8 Å². The van der Waals surface area contributed by atoms with Gasteiger partial charge in [0.15, 0.2) is 0 Å². The third-order valence-electron chi connectivity index (χ3n) is 1.80. The number of hydrogen-bond acceptors (Lipinski definition) is 3. The summed E-state index contributed by atoms with van der Waals surface area (Å²) in [4.78, 5) is 12.9. The van der Waals surface area contributed by atoms with E-state index in [4.69, 9.17) is 5.84 Å². The number of nitrogens with one attached hydrogen (secondary N) is 1. The van der Waals surface area contributed by atoms with Gasteiger partial charge < -0.3 is 0 Å². The van der Waals surface area contributed by atoms with E-state index in [1.54, 1.807) is 0 Å². The number of thiophene rings is 1. The first kappa shape index (κ1) is 7.52. The van der Waals surface area contributed by atoms with Crippen LogP contribution < -0.4 is 11.3 Å². The minimum absolute atomic E-state index is 0.206. The smallest absolute Gasteiger partial charge is 0.275 e. The molecule has 0 fully saturated rings. The van der Waals surface area contributed by atoms with Crippen molar-refractivity contribution < 1.29 is 4.79 Å². The van der Waals surface area contributed by atoms with Crippen LogP contribution in [0.5, 0.6) is 0 Å². The van der Waals surface area contributed by atoms with Crippen LogP contribution in [0.2, 0.25) is 0 Å². The summed E-state index contributed by atoms with van der Waals surface area (Å²) in [6.07, 6.45) is 5.06. The first-order valence-corrected chi connectivity index (χ1v) is 4.43. The fourth-order valence-corrected chi connectivity index (χ4v) is 2.25. The molecule has 0 bridgehead atoms. The largest absolute Gasteiger partial charge is 0.289 e. The molecule has 1 aliphatic rings. The van der Waals surface area contributed by atoms with Crippen LogP contribution in [0, 0.1) is 0 Å². The average molecular weight is 180 g/mol. The van der Waals surface area contributed by atoms with Crippen LogP contribution in [-0.2, 0) is 6.42 Å². The Morgan fingerprint density at radius 3 is 3.17 bits per heavy atom. The molecule has 0 aromatic carbocycles. The Labute approximate surface area is 73.9 Å². The predicted molar refractivity (Wildman–Crippen MR) is 48.7 cm³/mol. The van der Waals surface area contributed by atoms with Crippen molar-refractivity contribution in [1.29, 1.82) is 0 Å². The SMILES string of the molecule is NNC(=O)c1cc2c(s1)C=CC2. The number of fused-ring (bicyclic) bond motifs is 1. The summed E-state index contributed by atoms with van der Waals surface area (Å²) in [5.74, 6) is 4.81. The molecule has 0 aliphatic heterocycles. The second-order valence-corrected chi connectivity index (χ2v) is 3.66. The summed E-state index contributed by atoms with van der Waals surface area (Å²) < 4.78 is 0. The molecule has 0 unspecified atom stereocenters. The molecule has 12 heavy (non-hydrogen) atoms. The zero-order chi connectivity index (χ0) is 8.55. The van der Waals surface area contributed by atoms with Gasteiger partial charge in [0.2, 0.25) is 0 Å². The number of carbonyl (C=O) groups is 1. The molecule has 0 atom stereocenters. The quantitative estimate of drug-likeness (QED) is 0.383. The van der Waals surface area contributed by atoms with Crippen molar-refractivity contribution in [3.63, 3.8) is 0 Å². The number of nitrogen functional groups attached to an aromatic ring is 1. The summed E-state index contributed by atoms with van der Waals surface area (Å²) in [6, 6.07) is 1.89. The predicted octanol–water partition coefficient (Wildman–Crippen LogP) is 0.921. The van der Waals surface area contributed by atoms with Gasteiger partial charge in [-0.15, -0.1) is 11.3 Å². The van der Waals surface area contributed by atoms with Gasteiger partial charge in [-0.25, -0.2) is 5.84 Å². The van der Waals surface area contributed by atoms with Crippen LogP contribution in [0.4, 0.5) is 0 Å². The number of rotatable bonds is 1. The van der Waals surface area contributed by atoms with E-state index in [1.807, 2.05) is 12.1 Å². The van der Waals surface area contributed by atoms with Gasteiger partial charge in [0.25, 0.3) is 5.91 Å². The Hall–Kier alpha value is -1.13. The first-order chi connectivity index (χ1) is 5.81. The summed E-state index contributed by atoms with van der Waals surface area (Å²) in [7, 11) is 0. The third kappa shape index (κ3) is 1.05. The fourth-order valence-electron chi connectivity index (χ4n) is 1.22. The molecule has 1 amide bonds.